The van der Waals surface area contributed by atoms with E-state index in [0.29, 0.717) is 19.1 Å². The summed E-state index contributed by atoms with van der Waals surface area (Å²) in [5, 5.41) is 11.6. The van der Waals surface area contributed by atoms with Crippen LogP contribution >= 0.6 is 0 Å². The lowest BCUT2D eigenvalue weighted by Gasteiger charge is -2.29. The van der Waals surface area contributed by atoms with Gasteiger partial charge < -0.3 is 15.3 Å². The minimum absolute atomic E-state index is 0.0161. The van der Waals surface area contributed by atoms with Crippen molar-refractivity contribution in [3.05, 3.63) is 0 Å². The lowest BCUT2D eigenvalue weighted by atomic mass is 9.93. The zero-order chi connectivity index (χ0) is 11.5. The van der Waals surface area contributed by atoms with Crippen LogP contribution in [0.5, 0.6) is 0 Å². The number of carbonyl (C=O) groups is 2. The maximum absolute atomic E-state index is 11.7. The van der Waals surface area contributed by atoms with Crippen LogP contribution < -0.4 is 5.32 Å². The van der Waals surface area contributed by atoms with Gasteiger partial charge in [-0.15, -0.1) is 0 Å². The van der Waals surface area contributed by atoms with Crippen molar-refractivity contribution >= 4 is 12.0 Å². The largest absolute Gasteiger partial charge is 0.481 e. The van der Waals surface area contributed by atoms with E-state index in [0.717, 1.165) is 19.3 Å². The minimum Gasteiger partial charge on any atom is -0.481 e. The predicted octanol–water partition coefficient (Wildman–Crippen LogP) is 1.05. The van der Waals surface area contributed by atoms with Gasteiger partial charge in [0.05, 0.1) is 0 Å². The number of hydrogen-bond donors (Lipinski definition) is 2. The van der Waals surface area contributed by atoms with Gasteiger partial charge in [-0.1, -0.05) is 0 Å². The molecule has 2 amide bonds. The smallest absolute Gasteiger partial charge is 0.317 e. The average molecular weight is 226 g/mol. The van der Waals surface area contributed by atoms with Gasteiger partial charge in [-0.25, -0.2) is 4.79 Å². The first-order valence-corrected chi connectivity index (χ1v) is 5.92. The Bertz CT molecular complexity index is 289. The first kappa shape index (κ1) is 11.2. The van der Waals surface area contributed by atoms with E-state index >= 15 is 0 Å². The van der Waals surface area contributed by atoms with Gasteiger partial charge in [0.25, 0.3) is 0 Å². The maximum Gasteiger partial charge on any atom is 0.317 e. The van der Waals surface area contributed by atoms with Crippen molar-refractivity contribution in [3.63, 3.8) is 0 Å². The van der Waals surface area contributed by atoms with Crippen molar-refractivity contribution in [1.82, 2.24) is 10.2 Å². The number of carbonyl (C=O) groups excluding carboxylic acids is 1. The summed E-state index contributed by atoms with van der Waals surface area (Å²) in [6.45, 7) is 1.28. The van der Waals surface area contributed by atoms with Crippen LogP contribution in [0.2, 0.25) is 0 Å². The van der Waals surface area contributed by atoms with E-state index in [2.05, 4.69) is 5.32 Å². The Labute approximate surface area is 94.8 Å². The van der Waals surface area contributed by atoms with E-state index in [4.69, 9.17) is 5.11 Å². The van der Waals surface area contributed by atoms with Gasteiger partial charge in [0.15, 0.2) is 0 Å². The van der Waals surface area contributed by atoms with Gasteiger partial charge in [0.2, 0.25) is 0 Å². The predicted molar refractivity (Wildman–Crippen MR) is 58.1 cm³/mol. The first-order valence-electron chi connectivity index (χ1n) is 5.92. The van der Waals surface area contributed by atoms with Crippen LogP contribution in [0.4, 0.5) is 4.79 Å². The van der Waals surface area contributed by atoms with Crippen LogP contribution in [0.1, 0.15) is 32.1 Å². The van der Waals surface area contributed by atoms with Crippen molar-refractivity contribution in [2.75, 3.05) is 13.1 Å². The Morgan fingerprint density at radius 3 is 2.62 bits per heavy atom. The van der Waals surface area contributed by atoms with Crippen molar-refractivity contribution in [3.8, 4) is 0 Å². The third-order valence-corrected chi connectivity index (χ3v) is 3.47. The molecule has 2 aliphatic rings. The van der Waals surface area contributed by atoms with Crippen LogP contribution in [0.15, 0.2) is 0 Å². The van der Waals surface area contributed by atoms with Crippen molar-refractivity contribution in [2.45, 2.75) is 38.1 Å². The van der Waals surface area contributed by atoms with Crippen LogP contribution in [0.25, 0.3) is 0 Å². The molecule has 5 nitrogen and oxygen atoms in total. The highest BCUT2D eigenvalue weighted by Gasteiger charge is 2.29. The second-order valence-electron chi connectivity index (χ2n) is 4.78. The third-order valence-electron chi connectivity index (χ3n) is 3.47. The fourth-order valence-electron chi connectivity index (χ4n) is 2.25. The van der Waals surface area contributed by atoms with E-state index in [9.17, 15) is 9.59 Å². The van der Waals surface area contributed by atoms with Gasteiger partial charge in [-0.05, 0) is 31.6 Å². The number of hydrogen-bond acceptors (Lipinski definition) is 2. The summed E-state index contributed by atoms with van der Waals surface area (Å²) in [5.41, 5.74) is 0. The van der Waals surface area contributed by atoms with Crippen LogP contribution in [0.3, 0.4) is 0 Å². The summed E-state index contributed by atoms with van der Waals surface area (Å²) in [4.78, 5) is 24.0. The van der Waals surface area contributed by atoms with Crippen LogP contribution in [-0.2, 0) is 4.79 Å². The summed E-state index contributed by atoms with van der Waals surface area (Å²) in [6, 6.07) is 0.337. The molecule has 2 fully saturated rings. The monoisotopic (exact) mass is 226 g/mol. The minimum atomic E-state index is -0.772. The summed E-state index contributed by atoms with van der Waals surface area (Å²) < 4.78 is 0. The molecular weight excluding hydrogens is 208 g/mol. The number of rotatable bonds is 3. The average Bonchev–Trinajstić information content (AvgIpc) is 2.58. The number of urea groups is 1. The molecule has 1 aliphatic heterocycles. The standard InChI is InChI=1S/C11H18N2O3/c14-10(15)6-8-4-5-13(7-8)11(16)12-9-2-1-3-9/h8-9H,1-7H2,(H,12,16)(H,14,15). The Hall–Kier alpha value is -1.26. The molecule has 1 saturated carbocycles. The lowest BCUT2D eigenvalue weighted by molar-refractivity contribution is -0.138. The van der Waals surface area contributed by atoms with E-state index in [1.807, 2.05) is 0 Å². The van der Waals surface area contributed by atoms with Crippen molar-refractivity contribution in [1.29, 1.82) is 0 Å². The van der Waals surface area contributed by atoms with E-state index in [1.54, 1.807) is 4.90 Å². The van der Waals surface area contributed by atoms with E-state index < -0.39 is 5.97 Å². The molecule has 0 aromatic carbocycles. The molecule has 0 aromatic heterocycles. The summed E-state index contributed by atoms with van der Waals surface area (Å²) in [7, 11) is 0. The van der Waals surface area contributed by atoms with Crippen molar-refractivity contribution < 1.29 is 14.7 Å². The molecule has 0 radical (unpaired) electrons. The third kappa shape index (κ3) is 2.65. The van der Waals surface area contributed by atoms with Crippen LogP contribution in [0, 0.1) is 5.92 Å². The van der Waals surface area contributed by atoms with Gasteiger partial charge in [0, 0.05) is 25.6 Å². The molecule has 2 N–H and O–H groups in total. The lowest BCUT2D eigenvalue weighted by Crippen LogP contribution is -2.46. The second-order valence-corrected chi connectivity index (χ2v) is 4.78. The fourth-order valence-corrected chi connectivity index (χ4v) is 2.25. The Kier molecular flexibility index (Phi) is 3.31. The number of carboxylic acids is 1. The zero-order valence-corrected chi connectivity index (χ0v) is 9.32. The Balaban J connectivity index is 1.74. The maximum atomic E-state index is 11.7. The number of aliphatic carboxylic acids is 1. The van der Waals surface area contributed by atoms with E-state index in [-0.39, 0.29) is 18.4 Å². The molecule has 0 bridgehead atoms. The number of nitrogens with zero attached hydrogens (tertiary/aromatic N) is 1. The molecule has 90 valence electrons. The molecule has 2 rings (SSSR count). The molecule has 1 saturated heterocycles. The fraction of sp³-hybridized carbons (Fsp3) is 0.818. The van der Waals surface area contributed by atoms with Gasteiger partial charge in [-0.2, -0.15) is 0 Å². The van der Waals surface area contributed by atoms with Gasteiger partial charge in [-0.3, -0.25) is 4.79 Å². The molecule has 1 atom stereocenters. The highest BCUT2D eigenvalue weighted by molar-refractivity contribution is 5.75. The molecule has 0 spiro atoms. The molecule has 1 heterocycles. The van der Waals surface area contributed by atoms with Crippen LogP contribution in [-0.4, -0.2) is 41.1 Å². The number of carboxylic acid groups (broad SMARTS) is 1. The number of likely N-dealkylation sites (tertiary alicyclic amines) is 1. The molecule has 1 unspecified atom stereocenters. The van der Waals surface area contributed by atoms with E-state index in [1.165, 1.54) is 6.42 Å². The highest BCUT2D eigenvalue weighted by Crippen LogP contribution is 2.22. The zero-order valence-electron chi connectivity index (χ0n) is 9.32. The molecule has 5 heteroatoms. The molecular formula is C11H18N2O3. The summed E-state index contributed by atoms with van der Waals surface area (Å²) in [6.07, 6.45) is 4.35. The second kappa shape index (κ2) is 4.72. The normalized spacial score (nSPS) is 25.2. The Morgan fingerprint density at radius 1 is 1.31 bits per heavy atom. The molecule has 1 aliphatic carbocycles. The SMILES string of the molecule is O=C(O)CC1CCN(C(=O)NC2CCC2)C1. The van der Waals surface area contributed by atoms with Crippen molar-refractivity contribution in [2.24, 2.45) is 5.92 Å². The summed E-state index contributed by atoms with van der Waals surface area (Å²) >= 11 is 0. The topological polar surface area (TPSA) is 69.6 Å². The quantitative estimate of drug-likeness (QED) is 0.755. The Morgan fingerprint density at radius 2 is 2.06 bits per heavy atom. The molecule has 16 heavy (non-hydrogen) atoms. The summed E-state index contributed by atoms with van der Waals surface area (Å²) in [5.74, 6) is -0.643. The van der Waals surface area contributed by atoms with Gasteiger partial charge >= 0.3 is 12.0 Å². The number of amides is 2. The highest BCUT2D eigenvalue weighted by atomic mass is 16.4. The molecule has 0 aromatic rings. The first-order chi connectivity index (χ1) is 7.65. The van der Waals surface area contributed by atoms with Gasteiger partial charge in [0.1, 0.15) is 0 Å². The number of nitrogens with one attached hydrogen (secondary N) is 1.